The molecular weight excluding hydrogens is 901 g/mol. The predicted molar refractivity (Wildman–Crippen MR) is 226 cm³/mol. The Morgan fingerprint density at radius 2 is 0.984 bits per heavy atom. The maximum atomic E-state index is 12.1. The van der Waals surface area contributed by atoms with E-state index in [0.29, 0.717) is 41.2 Å². The van der Waals surface area contributed by atoms with Gasteiger partial charge in [-0.25, -0.2) is 4.98 Å². The van der Waals surface area contributed by atoms with Gasteiger partial charge in [0.1, 0.15) is 16.5 Å². The monoisotopic (exact) mass is 930 g/mol. The van der Waals surface area contributed by atoms with Crippen LogP contribution in [0.4, 0.5) is 34.4 Å². The molecule has 0 fully saturated rings. The third-order valence-corrected chi connectivity index (χ3v) is 11.1. The normalized spacial score (nSPS) is 12.0. The molecule has 0 amide bonds. The van der Waals surface area contributed by atoms with Gasteiger partial charge in [0.15, 0.2) is 0 Å². The number of hydrogen-bond acceptors (Lipinski definition) is 17. The summed E-state index contributed by atoms with van der Waals surface area (Å²) in [4.78, 5) is 12.1. The molecule has 0 aliphatic heterocycles. The Morgan fingerprint density at radius 1 is 0.492 bits per heavy atom. The second-order valence-electron chi connectivity index (χ2n) is 13.0. The van der Waals surface area contributed by atoms with Gasteiger partial charge in [-0.15, -0.1) is 12.6 Å². The van der Waals surface area contributed by atoms with Gasteiger partial charge in [-0.3, -0.25) is 13.7 Å². The highest BCUT2D eigenvalue weighted by Crippen LogP contribution is 2.31. The van der Waals surface area contributed by atoms with Crippen molar-refractivity contribution in [2.45, 2.75) is 27.5 Å². The zero-order valence-corrected chi connectivity index (χ0v) is 35.2. The van der Waals surface area contributed by atoms with E-state index in [4.69, 9.17) is 17.6 Å². The van der Waals surface area contributed by atoms with E-state index >= 15 is 0 Å². The number of nitrogens with one attached hydrogen (secondary N) is 1. The van der Waals surface area contributed by atoms with Crippen molar-refractivity contribution in [3.8, 4) is 0 Å². The minimum atomic E-state index is -4.89. The average Bonchev–Trinajstić information content (AvgIpc) is 3.22. The van der Waals surface area contributed by atoms with Crippen molar-refractivity contribution in [1.82, 2.24) is 15.0 Å². The number of aromatic nitrogens is 3. The molecule has 322 valence electrons. The van der Waals surface area contributed by atoms with Crippen LogP contribution in [0.25, 0.3) is 10.8 Å². The molecule has 0 aliphatic rings. The molecule has 6 aromatic carbocycles. The van der Waals surface area contributed by atoms with Crippen LogP contribution < -0.4 is 5.32 Å². The van der Waals surface area contributed by atoms with Crippen molar-refractivity contribution in [2.75, 3.05) is 5.32 Å². The Labute approximate surface area is 360 Å². The second kappa shape index (κ2) is 19.3. The average molecular weight is 931 g/mol. The van der Waals surface area contributed by atoms with Crippen LogP contribution in [0.15, 0.2) is 169 Å². The summed E-state index contributed by atoms with van der Waals surface area (Å²) in [5, 5.41) is 20.0. The topological polar surface area (TPSA) is 314 Å². The lowest BCUT2D eigenvalue weighted by Gasteiger charge is -2.10. The van der Waals surface area contributed by atoms with E-state index in [1.54, 1.807) is 30.3 Å². The van der Waals surface area contributed by atoms with Crippen LogP contribution in [0.3, 0.4) is 0 Å². The molecule has 0 atom stereocenters. The van der Waals surface area contributed by atoms with Crippen LogP contribution in [0, 0.1) is 0 Å². The summed E-state index contributed by atoms with van der Waals surface area (Å²) in [5.74, 6) is 0.932. The van der Waals surface area contributed by atoms with Crippen molar-refractivity contribution in [2.24, 2.45) is 20.5 Å². The maximum absolute atomic E-state index is 12.1. The van der Waals surface area contributed by atoms with Crippen molar-refractivity contribution in [1.29, 1.82) is 0 Å². The number of benzene rings is 6. The zero-order valence-electron chi connectivity index (χ0n) is 31.9. The number of nitrogens with zero attached hydrogens (tertiary/aromatic N) is 7. The SMILES string of the molecule is O=S(=O)(O)c1cccc(Nc2nc(Cc3ccc(N=Nc4ccccc4)cc3)nc(Cc3ccc(N=Nc4ccc5cc(S(=O)(=O)O)cc(S(=O)(=O)O)c5c4)cc3)n2)c1.O=S(=O)=O. The molecule has 0 radical (unpaired) electrons. The summed E-state index contributed by atoms with van der Waals surface area (Å²) in [5.41, 5.74) is 3.96. The molecule has 0 spiro atoms. The van der Waals surface area contributed by atoms with Crippen molar-refractivity contribution in [3.05, 3.63) is 156 Å². The first kappa shape index (κ1) is 45.5. The Balaban J connectivity index is 0.00000158. The fourth-order valence-corrected chi connectivity index (χ4v) is 7.58. The van der Waals surface area contributed by atoms with Crippen LogP contribution >= 0.6 is 0 Å². The maximum Gasteiger partial charge on any atom is 0.425 e. The number of azo groups is 2. The summed E-state index contributed by atoms with van der Waals surface area (Å²) >= 11 is 0. The fourth-order valence-electron chi connectivity index (χ4n) is 5.71. The number of anilines is 2. The Morgan fingerprint density at radius 3 is 1.49 bits per heavy atom. The van der Waals surface area contributed by atoms with Gasteiger partial charge in [-0.05, 0) is 95.4 Å². The highest BCUT2D eigenvalue weighted by atomic mass is 32.2. The van der Waals surface area contributed by atoms with Gasteiger partial charge in [0.25, 0.3) is 30.4 Å². The Bertz CT molecular complexity index is 3340. The van der Waals surface area contributed by atoms with Gasteiger partial charge >= 0.3 is 10.6 Å². The lowest BCUT2D eigenvalue weighted by atomic mass is 10.1. The van der Waals surface area contributed by atoms with Gasteiger partial charge in [-0.1, -0.05) is 54.6 Å². The minimum Gasteiger partial charge on any atom is -0.324 e. The third-order valence-electron chi connectivity index (χ3n) is 8.48. The van der Waals surface area contributed by atoms with Crippen LogP contribution in [0.2, 0.25) is 0 Å². The lowest BCUT2D eigenvalue weighted by Crippen LogP contribution is -2.09. The molecule has 7 rings (SSSR count). The van der Waals surface area contributed by atoms with E-state index in [2.05, 4.69) is 35.7 Å². The Hall–Kier alpha value is -7.06. The van der Waals surface area contributed by atoms with E-state index in [-0.39, 0.29) is 33.7 Å². The van der Waals surface area contributed by atoms with Crippen LogP contribution in [0.5, 0.6) is 0 Å². The quantitative estimate of drug-likeness (QED) is 0.0641. The van der Waals surface area contributed by atoms with Crippen molar-refractivity contribution >= 4 is 86.1 Å². The van der Waals surface area contributed by atoms with E-state index in [1.807, 2.05) is 54.6 Å². The van der Waals surface area contributed by atoms with Crippen molar-refractivity contribution < 1.29 is 51.5 Å². The van der Waals surface area contributed by atoms with Gasteiger partial charge in [-0.2, -0.15) is 55.7 Å². The summed E-state index contributed by atoms with van der Waals surface area (Å²) in [6.45, 7) is 0. The first-order chi connectivity index (χ1) is 29.8. The van der Waals surface area contributed by atoms with Gasteiger partial charge < -0.3 is 5.32 Å². The largest absolute Gasteiger partial charge is 0.425 e. The molecule has 24 heteroatoms. The standard InChI is InChI=1S/C39H30N8O9S3.O3S/c48-57(49,50)33-8-4-7-31(22-33)40-39-42-37(19-25-9-14-29(15-10-25)45-44-28-5-2-1-3-6-28)41-38(43-39)20-26-11-16-30(17-12-26)46-47-32-18-13-27-21-34(58(51,52)53)24-36(35(27)23-32)59(54,55)56;1-4(2)3/h1-18,21-24H,19-20H2,(H,48,49,50)(H,51,52,53)(H,54,55,56)(H,40,41,42,43);. The highest BCUT2D eigenvalue weighted by molar-refractivity contribution is 7.87. The van der Waals surface area contributed by atoms with Crippen LogP contribution in [-0.2, 0) is 53.8 Å². The number of fused-ring (bicyclic) bond motifs is 1. The molecule has 4 N–H and O–H groups in total. The van der Waals surface area contributed by atoms with Gasteiger partial charge in [0, 0.05) is 23.9 Å². The van der Waals surface area contributed by atoms with Crippen molar-refractivity contribution in [3.63, 3.8) is 0 Å². The summed E-state index contributed by atoms with van der Waals surface area (Å²) in [6, 6.07) is 35.1. The van der Waals surface area contributed by atoms with E-state index < -0.39 is 50.8 Å². The fraction of sp³-hybridized carbons (Fsp3) is 0.0513. The molecule has 1 heterocycles. The number of rotatable bonds is 13. The molecule has 20 nitrogen and oxygen atoms in total. The van der Waals surface area contributed by atoms with Gasteiger partial charge in [0.05, 0.1) is 32.5 Å². The summed E-state index contributed by atoms with van der Waals surface area (Å²) in [7, 11) is -17.2. The first-order valence-corrected chi connectivity index (χ1v) is 23.0. The molecule has 0 unspecified atom stereocenters. The third kappa shape index (κ3) is 13.2. The number of hydrogen-bond donors (Lipinski definition) is 4. The summed E-state index contributed by atoms with van der Waals surface area (Å²) < 4.78 is 125. The molecule has 0 bridgehead atoms. The van der Waals surface area contributed by atoms with Crippen LogP contribution in [-0.4, -0.2) is 66.5 Å². The van der Waals surface area contributed by atoms with Crippen LogP contribution in [0.1, 0.15) is 22.8 Å². The minimum absolute atomic E-state index is 0.0364. The Kier molecular flexibility index (Phi) is 13.9. The molecule has 7 aromatic rings. The molecular formula is C39H30N8O12S4. The molecule has 63 heavy (non-hydrogen) atoms. The lowest BCUT2D eigenvalue weighted by molar-refractivity contribution is 0.479. The first-order valence-electron chi connectivity index (χ1n) is 17.7. The van der Waals surface area contributed by atoms with E-state index in [1.165, 1.54) is 36.4 Å². The molecule has 1 aromatic heterocycles. The second-order valence-corrected chi connectivity index (χ2v) is 17.7. The summed E-state index contributed by atoms with van der Waals surface area (Å²) in [6.07, 6.45) is 0.563. The molecule has 0 saturated heterocycles. The molecule has 0 saturated carbocycles. The smallest absolute Gasteiger partial charge is 0.324 e. The molecule has 0 aliphatic carbocycles. The highest BCUT2D eigenvalue weighted by Gasteiger charge is 2.21. The van der Waals surface area contributed by atoms with E-state index in [0.717, 1.165) is 22.9 Å². The van der Waals surface area contributed by atoms with Gasteiger partial charge in [0.2, 0.25) is 5.95 Å². The van der Waals surface area contributed by atoms with E-state index in [9.17, 15) is 38.9 Å². The zero-order chi connectivity index (χ0) is 45.4. The predicted octanol–water partition coefficient (Wildman–Crippen LogP) is 7.52.